The van der Waals surface area contributed by atoms with Gasteiger partial charge in [0.15, 0.2) is 0 Å². The van der Waals surface area contributed by atoms with Crippen LogP contribution in [0.5, 0.6) is 5.75 Å². The molecule has 1 N–H and O–H groups in total. The summed E-state index contributed by atoms with van der Waals surface area (Å²) in [6.45, 7) is 6.61. The van der Waals surface area contributed by atoms with Gasteiger partial charge in [-0.15, -0.1) is 6.58 Å². The van der Waals surface area contributed by atoms with E-state index in [1.165, 1.54) is 5.56 Å². The van der Waals surface area contributed by atoms with Crippen molar-refractivity contribution in [2.24, 2.45) is 0 Å². The summed E-state index contributed by atoms with van der Waals surface area (Å²) in [5.74, 6) is 0.898. The smallest absolute Gasteiger partial charge is 0.119 e. The summed E-state index contributed by atoms with van der Waals surface area (Å²) in [6.07, 6.45) is 1.86. The molecule has 0 saturated heterocycles. The molecule has 2 heteroatoms. The average Bonchev–Trinajstić information content (AvgIpc) is 2.26. The largest absolute Gasteiger partial charge is 0.497 e. The molecule has 0 fully saturated rings. The van der Waals surface area contributed by atoms with Crippen molar-refractivity contribution in [1.82, 2.24) is 5.32 Å². The van der Waals surface area contributed by atoms with Gasteiger partial charge in [0.05, 0.1) is 7.11 Å². The summed E-state index contributed by atoms with van der Waals surface area (Å²) < 4.78 is 5.16. The van der Waals surface area contributed by atoms with Gasteiger partial charge in [-0.25, -0.2) is 0 Å². The van der Waals surface area contributed by atoms with Gasteiger partial charge >= 0.3 is 0 Å². The summed E-state index contributed by atoms with van der Waals surface area (Å²) in [6, 6.07) is 8.40. The van der Waals surface area contributed by atoms with E-state index in [-0.39, 0.29) is 0 Å². The Balaban J connectivity index is 2.68. The van der Waals surface area contributed by atoms with Crippen molar-refractivity contribution in [1.29, 1.82) is 0 Å². The summed E-state index contributed by atoms with van der Waals surface area (Å²) >= 11 is 0. The Bertz CT molecular complexity index is 296. The first-order valence-electron chi connectivity index (χ1n) is 4.76. The first-order valence-corrected chi connectivity index (χ1v) is 4.76. The quantitative estimate of drug-likeness (QED) is 0.722. The lowest BCUT2D eigenvalue weighted by atomic mass is 10.1. The minimum absolute atomic E-state index is 0.322. The van der Waals surface area contributed by atoms with Gasteiger partial charge in [-0.05, 0) is 24.6 Å². The Morgan fingerprint density at radius 3 is 3.00 bits per heavy atom. The molecule has 14 heavy (non-hydrogen) atoms. The van der Waals surface area contributed by atoms with Gasteiger partial charge in [0.1, 0.15) is 5.75 Å². The van der Waals surface area contributed by atoms with Crippen LogP contribution in [0.2, 0.25) is 0 Å². The van der Waals surface area contributed by atoms with Crippen LogP contribution in [0.1, 0.15) is 18.5 Å². The normalized spacial score (nSPS) is 12.1. The fraction of sp³-hybridized carbons (Fsp3) is 0.333. The van der Waals surface area contributed by atoms with Crippen LogP contribution in [0.4, 0.5) is 0 Å². The van der Waals surface area contributed by atoms with Gasteiger partial charge in [-0.1, -0.05) is 18.2 Å². The number of rotatable bonds is 5. The molecule has 0 unspecified atom stereocenters. The second-order valence-electron chi connectivity index (χ2n) is 3.20. The number of methoxy groups -OCH3 is 1. The van der Waals surface area contributed by atoms with Crippen molar-refractivity contribution >= 4 is 0 Å². The number of ether oxygens (including phenoxy) is 1. The van der Waals surface area contributed by atoms with Gasteiger partial charge < -0.3 is 10.1 Å². The second kappa shape index (κ2) is 5.45. The molecular formula is C12H17NO. The van der Waals surface area contributed by atoms with E-state index >= 15 is 0 Å². The van der Waals surface area contributed by atoms with E-state index in [2.05, 4.69) is 24.9 Å². The first kappa shape index (κ1) is 10.8. The topological polar surface area (TPSA) is 21.3 Å². The molecule has 0 amide bonds. The third-order valence-corrected chi connectivity index (χ3v) is 2.16. The first-order chi connectivity index (χ1) is 6.77. The molecule has 0 aromatic heterocycles. The highest BCUT2D eigenvalue weighted by molar-refractivity contribution is 5.30. The number of benzene rings is 1. The van der Waals surface area contributed by atoms with E-state index in [0.717, 1.165) is 12.3 Å². The number of nitrogens with one attached hydrogen (secondary N) is 1. The van der Waals surface area contributed by atoms with E-state index in [4.69, 9.17) is 4.74 Å². The van der Waals surface area contributed by atoms with Gasteiger partial charge in [-0.2, -0.15) is 0 Å². The molecule has 0 spiro atoms. The maximum Gasteiger partial charge on any atom is 0.119 e. The van der Waals surface area contributed by atoms with Crippen LogP contribution in [-0.4, -0.2) is 13.7 Å². The maximum absolute atomic E-state index is 5.16. The molecule has 2 nitrogen and oxygen atoms in total. The molecule has 1 aromatic rings. The van der Waals surface area contributed by atoms with Crippen molar-refractivity contribution in [3.8, 4) is 5.75 Å². The van der Waals surface area contributed by atoms with Crippen molar-refractivity contribution in [3.05, 3.63) is 42.5 Å². The number of hydrogen-bond donors (Lipinski definition) is 1. The van der Waals surface area contributed by atoms with E-state index in [9.17, 15) is 0 Å². The Morgan fingerprint density at radius 1 is 1.57 bits per heavy atom. The van der Waals surface area contributed by atoms with Crippen molar-refractivity contribution in [2.75, 3.05) is 13.7 Å². The zero-order valence-corrected chi connectivity index (χ0v) is 8.79. The predicted octanol–water partition coefficient (Wildman–Crippen LogP) is 2.53. The van der Waals surface area contributed by atoms with Crippen LogP contribution in [-0.2, 0) is 0 Å². The molecule has 0 aliphatic heterocycles. The fourth-order valence-electron chi connectivity index (χ4n) is 1.29. The van der Waals surface area contributed by atoms with E-state index in [0.29, 0.717) is 6.04 Å². The molecule has 0 radical (unpaired) electrons. The van der Waals surface area contributed by atoms with Crippen LogP contribution in [0.3, 0.4) is 0 Å². The molecule has 0 bridgehead atoms. The average molecular weight is 191 g/mol. The second-order valence-corrected chi connectivity index (χ2v) is 3.20. The Hall–Kier alpha value is -1.28. The minimum atomic E-state index is 0.322. The van der Waals surface area contributed by atoms with E-state index < -0.39 is 0 Å². The lowest BCUT2D eigenvalue weighted by Crippen LogP contribution is -2.18. The van der Waals surface area contributed by atoms with Crippen LogP contribution in [0, 0.1) is 0 Å². The third kappa shape index (κ3) is 2.89. The standard InChI is InChI=1S/C12H17NO/c1-4-8-13-10(2)11-6-5-7-12(9-11)14-3/h4-7,9-10,13H,1,8H2,2-3H3/t10-/m1/s1. The molecule has 76 valence electrons. The monoisotopic (exact) mass is 191 g/mol. The molecule has 1 rings (SSSR count). The molecule has 0 aliphatic rings. The lowest BCUT2D eigenvalue weighted by molar-refractivity contribution is 0.413. The molecule has 1 aromatic carbocycles. The Kier molecular flexibility index (Phi) is 4.20. The highest BCUT2D eigenvalue weighted by Crippen LogP contribution is 2.18. The van der Waals surface area contributed by atoms with Crippen LogP contribution in [0.25, 0.3) is 0 Å². The van der Waals surface area contributed by atoms with Crippen molar-refractivity contribution in [2.45, 2.75) is 13.0 Å². The lowest BCUT2D eigenvalue weighted by Gasteiger charge is -2.13. The van der Waals surface area contributed by atoms with Crippen molar-refractivity contribution in [3.63, 3.8) is 0 Å². The summed E-state index contributed by atoms with van der Waals surface area (Å²) in [4.78, 5) is 0. The SMILES string of the molecule is C=CCN[C@H](C)c1cccc(OC)c1. The zero-order chi connectivity index (χ0) is 10.4. The summed E-state index contributed by atoms with van der Waals surface area (Å²) in [5, 5.41) is 3.33. The summed E-state index contributed by atoms with van der Waals surface area (Å²) in [5.41, 5.74) is 1.23. The fourth-order valence-corrected chi connectivity index (χ4v) is 1.29. The Labute approximate surface area is 85.6 Å². The van der Waals surface area contributed by atoms with E-state index in [1.54, 1.807) is 7.11 Å². The van der Waals surface area contributed by atoms with Crippen LogP contribution in [0.15, 0.2) is 36.9 Å². The molecule has 1 atom stereocenters. The highest BCUT2D eigenvalue weighted by atomic mass is 16.5. The van der Waals surface area contributed by atoms with Crippen LogP contribution >= 0.6 is 0 Å². The zero-order valence-electron chi connectivity index (χ0n) is 8.79. The van der Waals surface area contributed by atoms with Gasteiger partial charge in [0.25, 0.3) is 0 Å². The van der Waals surface area contributed by atoms with Gasteiger partial charge in [0, 0.05) is 12.6 Å². The van der Waals surface area contributed by atoms with Gasteiger partial charge in [-0.3, -0.25) is 0 Å². The molecule has 0 saturated carbocycles. The van der Waals surface area contributed by atoms with Crippen LogP contribution < -0.4 is 10.1 Å². The third-order valence-electron chi connectivity index (χ3n) is 2.16. The molecule has 0 aliphatic carbocycles. The summed E-state index contributed by atoms with van der Waals surface area (Å²) in [7, 11) is 1.68. The molecule has 0 heterocycles. The number of hydrogen-bond acceptors (Lipinski definition) is 2. The maximum atomic E-state index is 5.16. The predicted molar refractivity (Wildman–Crippen MR) is 59.6 cm³/mol. The highest BCUT2D eigenvalue weighted by Gasteiger charge is 2.03. The van der Waals surface area contributed by atoms with Gasteiger partial charge in [0.2, 0.25) is 0 Å². The Morgan fingerprint density at radius 2 is 2.36 bits per heavy atom. The van der Waals surface area contributed by atoms with Crippen molar-refractivity contribution < 1.29 is 4.74 Å². The molecular weight excluding hydrogens is 174 g/mol. The van der Waals surface area contributed by atoms with E-state index in [1.807, 2.05) is 24.3 Å². The minimum Gasteiger partial charge on any atom is -0.497 e.